The Labute approximate surface area is 196 Å². The van der Waals surface area contributed by atoms with Gasteiger partial charge in [-0.15, -0.1) is 0 Å². The molecular weight excluding hydrogens is 463 g/mol. The molecule has 1 saturated carbocycles. The number of anilines is 1. The van der Waals surface area contributed by atoms with Gasteiger partial charge in [-0.05, 0) is 55.7 Å². The molecule has 1 spiro atoms. The van der Waals surface area contributed by atoms with E-state index >= 15 is 0 Å². The second-order valence-corrected chi connectivity index (χ2v) is 10.1. The number of imide groups is 1. The van der Waals surface area contributed by atoms with Crippen molar-refractivity contribution in [2.24, 2.45) is 0 Å². The van der Waals surface area contributed by atoms with E-state index in [1.165, 1.54) is 47.4 Å². The largest absolute Gasteiger partial charge is 0.352 e. The van der Waals surface area contributed by atoms with Crippen molar-refractivity contribution in [1.29, 1.82) is 0 Å². The summed E-state index contributed by atoms with van der Waals surface area (Å²) in [7, 11) is -4.03. The third-order valence-electron chi connectivity index (χ3n) is 6.09. The van der Waals surface area contributed by atoms with Gasteiger partial charge in [-0.2, -0.15) is 0 Å². The molecule has 1 aliphatic carbocycles. The van der Waals surface area contributed by atoms with E-state index in [4.69, 9.17) is 0 Å². The molecule has 11 heteroatoms. The number of urea groups is 1. The Morgan fingerprint density at radius 1 is 1.06 bits per heavy atom. The van der Waals surface area contributed by atoms with Gasteiger partial charge in [-0.3, -0.25) is 19.2 Å². The van der Waals surface area contributed by atoms with Gasteiger partial charge >= 0.3 is 6.03 Å². The van der Waals surface area contributed by atoms with Gasteiger partial charge in [0.25, 0.3) is 21.8 Å². The number of halogens is 1. The van der Waals surface area contributed by atoms with Crippen LogP contribution in [0, 0.1) is 5.82 Å². The molecule has 0 radical (unpaired) electrons. The number of rotatable bonds is 8. The minimum atomic E-state index is -4.03. The fourth-order valence-electron chi connectivity index (χ4n) is 4.27. The molecule has 4 amide bonds. The van der Waals surface area contributed by atoms with Gasteiger partial charge in [0.1, 0.15) is 11.4 Å². The number of carbonyl (C=O) groups excluding carboxylic acids is 3. The molecule has 2 aromatic rings. The van der Waals surface area contributed by atoms with Gasteiger partial charge in [-0.1, -0.05) is 25.0 Å². The summed E-state index contributed by atoms with van der Waals surface area (Å²) in [5, 5.41) is 5.51. The highest BCUT2D eigenvalue weighted by Gasteiger charge is 2.51. The monoisotopic (exact) mass is 488 g/mol. The quantitative estimate of drug-likeness (QED) is 0.389. The van der Waals surface area contributed by atoms with Gasteiger partial charge in [-0.25, -0.2) is 17.6 Å². The molecule has 34 heavy (non-hydrogen) atoms. The number of hydrogen-bond donors (Lipinski definition) is 3. The zero-order valence-electron chi connectivity index (χ0n) is 18.3. The highest BCUT2D eigenvalue weighted by atomic mass is 32.2. The predicted octanol–water partition coefficient (Wildman–Crippen LogP) is 2.61. The number of amides is 4. The lowest BCUT2D eigenvalue weighted by molar-refractivity contribution is -0.131. The van der Waals surface area contributed by atoms with Crippen molar-refractivity contribution in [1.82, 2.24) is 15.5 Å². The molecule has 9 nitrogen and oxygen atoms in total. The Hall–Kier alpha value is -3.47. The van der Waals surface area contributed by atoms with E-state index in [-0.39, 0.29) is 41.2 Å². The summed E-state index contributed by atoms with van der Waals surface area (Å²) in [6.07, 6.45) is 3.53. The minimum absolute atomic E-state index is 0.119. The summed E-state index contributed by atoms with van der Waals surface area (Å²) >= 11 is 0. The van der Waals surface area contributed by atoms with Crippen LogP contribution in [-0.4, -0.2) is 49.8 Å². The Morgan fingerprint density at radius 3 is 2.41 bits per heavy atom. The van der Waals surface area contributed by atoms with E-state index in [0.29, 0.717) is 19.3 Å². The first kappa shape index (κ1) is 23.7. The number of carbonyl (C=O) groups is 3. The molecule has 0 aromatic heterocycles. The van der Waals surface area contributed by atoms with Gasteiger partial charge in [0.05, 0.1) is 10.6 Å². The number of sulfonamides is 1. The fourth-order valence-corrected chi connectivity index (χ4v) is 5.34. The van der Waals surface area contributed by atoms with E-state index in [1.807, 2.05) is 0 Å². The summed E-state index contributed by atoms with van der Waals surface area (Å²) in [6, 6.07) is 10.2. The maximum Gasteiger partial charge on any atom is 0.325 e. The topological polar surface area (TPSA) is 125 Å². The van der Waals surface area contributed by atoms with Crippen LogP contribution in [0.2, 0.25) is 0 Å². The predicted molar refractivity (Wildman–Crippen MR) is 122 cm³/mol. The van der Waals surface area contributed by atoms with Crippen LogP contribution in [0.5, 0.6) is 0 Å². The van der Waals surface area contributed by atoms with Crippen LogP contribution < -0.4 is 15.4 Å². The van der Waals surface area contributed by atoms with Gasteiger partial charge < -0.3 is 10.6 Å². The van der Waals surface area contributed by atoms with Crippen LogP contribution >= 0.6 is 0 Å². The van der Waals surface area contributed by atoms with Crippen LogP contribution in [-0.2, 0) is 14.8 Å². The van der Waals surface area contributed by atoms with Crippen molar-refractivity contribution in [3.63, 3.8) is 0 Å². The number of nitrogens with zero attached hydrogens (tertiary/aromatic N) is 1. The molecule has 0 bridgehead atoms. The highest BCUT2D eigenvalue weighted by Crippen LogP contribution is 2.35. The van der Waals surface area contributed by atoms with E-state index in [2.05, 4.69) is 15.4 Å². The normalized spacial score (nSPS) is 17.1. The lowest BCUT2D eigenvalue weighted by Gasteiger charge is -2.20. The Balaban J connectivity index is 1.28. The molecule has 2 aliphatic rings. The second kappa shape index (κ2) is 9.41. The maximum absolute atomic E-state index is 13.7. The summed E-state index contributed by atoms with van der Waals surface area (Å²) in [4.78, 5) is 38.3. The molecule has 0 atom stereocenters. The van der Waals surface area contributed by atoms with Gasteiger partial charge in [0.15, 0.2) is 0 Å². The zero-order valence-corrected chi connectivity index (χ0v) is 19.2. The number of nitrogens with one attached hydrogen (secondary N) is 3. The van der Waals surface area contributed by atoms with Gasteiger partial charge in [0, 0.05) is 18.7 Å². The molecule has 2 fully saturated rings. The Bertz CT molecular complexity index is 1210. The third kappa shape index (κ3) is 4.74. The lowest BCUT2D eigenvalue weighted by Crippen LogP contribution is -2.44. The molecule has 4 rings (SSSR count). The summed E-state index contributed by atoms with van der Waals surface area (Å²) < 4.78 is 40.9. The van der Waals surface area contributed by atoms with Crippen LogP contribution in [0.25, 0.3) is 0 Å². The van der Waals surface area contributed by atoms with E-state index in [0.717, 1.165) is 18.9 Å². The smallest absolute Gasteiger partial charge is 0.325 e. The third-order valence-corrected chi connectivity index (χ3v) is 7.47. The van der Waals surface area contributed by atoms with Crippen molar-refractivity contribution >= 4 is 33.6 Å². The summed E-state index contributed by atoms with van der Waals surface area (Å²) in [5.74, 6) is -1.31. The average Bonchev–Trinajstić information content (AvgIpc) is 3.37. The van der Waals surface area contributed by atoms with Crippen LogP contribution in [0.15, 0.2) is 53.4 Å². The number of hydrogen-bond acceptors (Lipinski definition) is 5. The first-order chi connectivity index (χ1) is 16.2. The van der Waals surface area contributed by atoms with Gasteiger partial charge in [0.2, 0.25) is 0 Å². The zero-order chi connectivity index (χ0) is 24.3. The van der Waals surface area contributed by atoms with Crippen molar-refractivity contribution < 1.29 is 27.2 Å². The number of para-hydroxylation sites is 1. The highest BCUT2D eigenvalue weighted by molar-refractivity contribution is 7.92. The minimum Gasteiger partial charge on any atom is -0.352 e. The number of benzene rings is 2. The van der Waals surface area contributed by atoms with Crippen molar-refractivity contribution in [3.05, 3.63) is 59.9 Å². The molecule has 3 N–H and O–H groups in total. The maximum atomic E-state index is 13.7. The van der Waals surface area contributed by atoms with Crippen molar-refractivity contribution in [3.8, 4) is 0 Å². The first-order valence-corrected chi connectivity index (χ1v) is 12.5. The van der Waals surface area contributed by atoms with Crippen LogP contribution in [0.4, 0.5) is 14.9 Å². The van der Waals surface area contributed by atoms with Crippen molar-refractivity contribution in [2.45, 2.75) is 42.5 Å². The van der Waals surface area contributed by atoms with E-state index < -0.39 is 27.3 Å². The Kier molecular flexibility index (Phi) is 6.56. The molecule has 180 valence electrons. The van der Waals surface area contributed by atoms with Crippen LogP contribution in [0.1, 0.15) is 42.5 Å². The standard InChI is InChI=1S/C23H25FN4O5S/c24-18-6-1-2-7-19(18)27-34(32,33)17-10-8-16(9-11-17)20(29)25-14-5-15-28-21(30)23(26-22(28)31)12-3-4-13-23/h1-2,6-11,27H,3-5,12-15H2,(H,25,29)(H,26,31). The molecule has 0 unspecified atom stereocenters. The molecule has 2 aromatic carbocycles. The summed E-state index contributed by atoms with van der Waals surface area (Å²) in [6.45, 7) is 0.434. The lowest BCUT2D eigenvalue weighted by atomic mass is 9.98. The summed E-state index contributed by atoms with van der Waals surface area (Å²) in [5.41, 5.74) is -0.679. The fraction of sp³-hybridized carbons (Fsp3) is 0.348. The van der Waals surface area contributed by atoms with Crippen molar-refractivity contribution in [2.75, 3.05) is 17.8 Å². The second-order valence-electron chi connectivity index (χ2n) is 8.40. The van der Waals surface area contributed by atoms with Crippen LogP contribution in [0.3, 0.4) is 0 Å². The van der Waals surface area contributed by atoms with E-state index in [9.17, 15) is 27.2 Å². The SMILES string of the molecule is O=C(NCCCN1C(=O)NC2(CCCC2)C1=O)c1ccc(S(=O)(=O)Nc2ccccc2F)cc1. The van der Waals surface area contributed by atoms with E-state index in [1.54, 1.807) is 0 Å². The average molecular weight is 489 g/mol. The first-order valence-electron chi connectivity index (χ1n) is 11.0. The molecule has 1 saturated heterocycles. The molecular formula is C23H25FN4O5S. The molecule has 1 heterocycles. The molecule has 1 aliphatic heterocycles. The Morgan fingerprint density at radius 2 is 1.74 bits per heavy atom.